The lowest BCUT2D eigenvalue weighted by Gasteiger charge is -2.18. The van der Waals surface area contributed by atoms with E-state index in [1.807, 2.05) is 36.4 Å². The number of rotatable bonds is 5. The first kappa shape index (κ1) is 19.0. The maximum absolute atomic E-state index is 6.68. The smallest absolute Gasteiger partial charge is 0.208 e. The molecule has 0 aliphatic rings. The normalized spacial score (nSPS) is 10.7. The van der Waals surface area contributed by atoms with Crippen LogP contribution in [0, 0.1) is 0 Å². The van der Waals surface area contributed by atoms with Crippen LogP contribution in [0.15, 0.2) is 126 Å². The minimum atomic E-state index is 0.829. The third kappa shape index (κ3) is 3.64. The molecule has 1 heterocycles. The lowest BCUT2D eigenvalue weighted by molar-refractivity contribution is 0.585. The predicted octanol–water partition coefficient (Wildman–Crippen LogP) is 8.05. The molecule has 0 bridgehead atoms. The average molecular weight is 402 g/mol. The van der Waals surface area contributed by atoms with Crippen LogP contribution in [0.2, 0.25) is 0 Å². The van der Waals surface area contributed by atoms with E-state index in [1.165, 1.54) is 0 Å². The van der Waals surface area contributed by atoms with Crippen molar-refractivity contribution in [3.63, 3.8) is 0 Å². The summed E-state index contributed by atoms with van der Waals surface area (Å²) in [5, 5.41) is 0. The molecule has 0 spiro atoms. The number of benzene rings is 4. The molecule has 5 rings (SSSR count). The maximum atomic E-state index is 6.68. The van der Waals surface area contributed by atoms with Crippen LogP contribution in [0.4, 0.5) is 11.6 Å². The minimum absolute atomic E-state index is 0.829. The van der Waals surface area contributed by atoms with Gasteiger partial charge in [0.15, 0.2) is 0 Å². The van der Waals surface area contributed by atoms with E-state index in [4.69, 9.17) is 4.42 Å². The van der Waals surface area contributed by atoms with Crippen LogP contribution in [-0.2, 0) is 0 Å². The molecule has 0 amide bonds. The Hall–Kier alpha value is -4.04. The van der Waals surface area contributed by atoms with Crippen molar-refractivity contribution in [2.45, 2.75) is 0 Å². The molecule has 0 fully saturated rings. The van der Waals surface area contributed by atoms with E-state index in [9.17, 15) is 0 Å². The largest absolute Gasteiger partial charge is 0.439 e. The zero-order valence-corrected chi connectivity index (χ0v) is 17.4. The highest BCUT2D eigenvalue weighted by Gasteiger charge is 2.26. The van der Waals surface area contributed by atoms with E-state index >= 15 is 0 Å². The van der Waals surface area contributed by atoms with Crippen molar-refractivity contribution in [3.8, 4) is 33.6 Å². The van der Waals surface area contributed by atoms with Gasteiger partial charge in [0.1, 0.15) is 5.76 Å². The quantitative estimate of drug-likeness (QED) is 0.296. The van der Waals surface area contributed by atoms with E-state index in [0.717, 1.165) is 45.1 Å². The van der Waals surface area contributed by atoms with Crippen LogP contribution < -0.4 is 4.90 Å². The first-order valence-corrected chi connectivity index (χ1v) is 10.4. The Morgan fingerprint density at radius 2 is 0.903 bits per heavy atom. The lowest BCUT2D eigenvalue weighted by atomic mass is 9.94. The number of para-hydroxylation sites is 1. The van der Waals surface area contributed by atoms with Gasteiger partial charge < -0.3 is 9.32 Å². The lowest BCUT2D eigenvalue weighted by Crippen LogP contribution is -2.09. The molecule has 0 saturated heterocycles. The van der Waals surface area contributed by atoms with Gasteiger partial charge in [0.05, 0.1) is 5.56 Å². The van der Waals surface area contributed by atoms with E-state index in [1.54, 1.807) is 0 Å². The molecule has 4 aromatic carbocycles. The molecule has 1 aromatic heterocycles. The number of nitrogens with zero attached hydrogens (tertiary/aromatic N) is 1. The molecular weight excluding hydrogens is 378 g/mol. The first-order valence-electron chi connectivity index (χ1n) is 10.4. The number of hydrogen-bond donors (Lipinski definition) is 0. The van der Waals surface area contributed by atoms with Gasteiger partial charge in [-0.1, -0.05) is 109 Å². The molecule has 0 unspecified atom stereocenters. The summed E-state index contributed by atoms with van der Waals surface area (Å²) in [6.07, 6.45) is 0. The van der Waals surface area contributed by atoms with Crippen LogP contribution in [-0.4, -0.2) is 7.05 Å². The van der Waals surface area contributed by atoms with E-state index < -0.39 is 0 Å². The highest BCUT2D eigenvalue weighted by atomic mass is 16.4. The van der Waals surface area contributed by atoms with Crippen molar-refractivity contribution in [2.75, 3.05) is 11.9 Å². The van der Waals surface area contributed by atoms with Crippen molar-refractivity contribution in [1.29, 1.82) is 0 Å². The molecule has 0 aliphatic heterocycles. The Morgan fingerprint density at radius 1 is 0.484 bits per heavy atom. The minimum Gasteiger partial charge on any atom is -0.439 e. The Morgan fingerprint density at radius 3 is 1.42 bits per heavy atom. The third-order valence-electron chi connectivity index (χ3n) is 5.50. The second-order valence-corrected chi connectivity index (χ2v) is 7.48. The maximum Gasteiger partial charge on any atom is 0.208 e. The fourth-order valence-corrected chi connectivity index (χ4v) is 3.97. The summed E-state index contributed by atoms with van der Waals surface area (Å²) in [4.78, 5) is 2.13. The summed E-state index contributed by atoms with van der Waals surface area (Å²) in [7, 11) is 2.06. The second kappa shape index (κ2) is 8.37. The molecular formula is C29H23NO. The summed E-state index contributed by atoms with van der Waals surface area (Å²) in [5.74, 6) is 1.71. The van der Waals surface area contributed by atoms with E-state index in [0.29, 0.717) is 0 Å². The van der Waals surface area contributed by atoms with Gasteiger partial charge in [0.25, 0.3) is 0 Å². The predicted molar refractivity (Wildman–Crippen MR) is 130 cm³/mol. The topological polar surface area (TPSA) is 16.4 Å². The Bertz CT molecular complexity index is 1260. The van der Waals surface area contributed by atoms with Gasteiger partial charge >= 0.3 is 0 Å². The molecule has 0 saturated carbocycles. The van der Waals surface area contributed by atoms with Crippen LogP contribution in [0.5, 0.6) is 0 Å². The van der Waals surface area contributed by atoms with Gasteiger partial charge in [0, 0.05) is 23.9 Å². The van der Waals surface area contributed by atoms with Crippen molar-refractivity contribution >= 4 is 11.6 Å². The Balaban J connectivity index is 1.84. The van der Waals surface area contributed by atoms with E-state index in [-0.39, 0.29) is 0 Å². The van der Waals surface area contributed by atoms with Gasteiger partial charge in [0.2, 0.25) is 5.88 Å². The summed E-state index contributed by atoms with van der Waals surface area (Å²) in [6.45, 7) is 0. The molecule has 2 heteroatoms. The third-order valence-corrected chi connectivity index (χ3v) is 5.50. The molecule has 0 atom stereocenters. The van der Waals surface area contributed by atoms with Crippen LogP contribution in [0.25, 0.3) is 33.6 Å². The molecule has 2 nitrogen and oxygen atoms in total. The Kier molecular flexibility index (Phi) is 5.12. The van der Waals surface area contributed by atoms with Gasteiger partial charge in [-0.15, -0.1) is 0 Å². The average Bonchev–Trinajstić information content (AvgIpc) is 3.26. The van der Waals surface area contributed by atoms with Gasteiger partial charge in [-0.05, 0) is 23.3 Å². The first-order chi connectivity index (χ1) is 15.3. The van der Waals surface area contributed by atoms with Gasteiger partial charge in [-0.3, -0.25) is 0 Å². The fraction of sp³-hybridized carbons (Fsp3) is 0.0345. The van der Waals surface area contributed by atoms with Crippen LogP contribution >= 0.6 is 0 Å². The van der Waals surface area contributed by atoms with Crippen molar-refractivity contribution < 1.29 is 4.42 Å². The highest BCUT2D eigenvalue weighted by molar-refractivity contribution is 5.99. The standard InChI is InChI=1S/C29H23NO/c1-30(25-20-12-5-13-21-25)29-27(23-16-8-3-9-17-23)26(22-14-6-2-7-15-22)28(31-29)24-18-10-4-11-19-24/h2-21H,1H3. The van der Waals surface area contributed by atoms with E-state index in [2.05, 4.69) is 96.9 Å². The summed E-state index contributed by atoms with van der Waals surface area (Å²) < 4.78 is 6.68. The fourth-order valence-electron chi connectivity index (χ4n) is 3.97. The van der Waals surface area contributed by atoms with Crippen molar-refractivity contribution in [3.05, 3.63) is 121 Å². The molecule has 31 heavy (non-hydrogen) atoms. The monoisotopic (exact) mass is 401 g/mol. The molecule has 0 N–H and O–H groups in total. The number of furan rings is 1. The number of anilines is 2. The molecule has 150 valence electrons. The Labute approximate surface area is 183 Å². The van der Waals surface area contributed by atoms with Crippen LogP contribution in [0.1, 0.15) is 0 Å². The zero-order chi connectivity index (χ0) is 21.0. The summed E-state index contributed by atoms with van der Waals surface area (Å²) >= 11 is 0. The van der Waals surface area contributed by atoms with Crippen molar-refractivity contribution in [1.82, 2.24) is 0 Å². The number of hydrogen-bond acceptors (Lipinski definition) is 2. The van der Waals surface area contributed by atoms with Gasteiger partial charge in [-0.25, -0.2) is 0 Å². The van der Waals surface area contributed by atoms with Gasteiger partial charge in [-0.2, -0.15) is 0 Å². The SMILES string of the molecule is CN(c1ccccc1)c1oc(-c2ccccc2)c(-c2ccccc2)c1-c1ccccc1. The summed E-state index contributed by atoms with van der Waals surface area (Å²) in [6, 6.07) is 41.7. The van der Waals surface area contributed by atoms with Crippen LogP contribution in [0.3, 0.4) is 0 Å². The molecule has 0 radical (unpaired) electrons. The molecule has 0 aliphatic carbocycles. The second-order valence-electron chi connectivity index (χ2n) is 7.48. The van der Waals surface area contributed by atoms with Crippen molar-refractivity contribution in [2.24, 2.45) is 0 Å². The highest BCUT2D eigenvalue weighted by Crippen LogP contribution is 2.49. The zero-order valence-electron chi connectivity index (χ0n) is 17.4. The summed E-state index contributed by atoms with van der Waals surface area (Å²) in [5.41, 5.74) is 6.61. The molecule has 5 aromatic rings.